The lowest BCUT2D eigenvalue weighted by atomic mass is 9.94. The van der Waals surface area contributed by atoms with Crippen LogP contribution < -0.4 is 10.2 Å². The first-order valence-corrected chi connectivity index (χ1v) is 12.3. The fraction of sp³-hybridized carbons (Fsp3) is 0.444. The van der Waals surface area contributed by atoms with Crippen LogP contribution in [0, 0.1) is 13.8 Å². The fourth-order valence-electron chi connectivity index (χ4n) is 5.44. The summed E-state index contributed by atoms with van der Waals surface area (Å²) in [7, 11) is 0. The molecule has 0 unspecified atom stereocenters. The number of carbonyl (C=O) groups excluding carboxylic acids is 3. The van der Waals surface area contributed by atoms with Gasteiger partial charge in [0.25, 0.3) is 11.8 Å². The molecule has 2 aromatic carbocycles. The van der Waals surface area contributed by atoms with Crippen molar-refractivity contribution in [3.63, 3.8) is 0 Å². The van der Waals surface area contributed by atoms with Gasteiger partial charge < -0.3 is 15.1 Å². The van der Waals surface area contributed by atoms with Gasteiger partial charge in [-0.05, 0) is 62.1 Å². The number of urea groups is 1. The molecule has 0 aromatic heterocycles. The van der Waals surface area contributed by atoms with E-state index in [0.717, 1.165) is 45.2 Å². The zero-order chi connectivity index (χ0) is 23.8. The highest BCUT2D eigenvalue weighted by Crippen LogP contribution is 2.32. The van der Waals surface area contributed by atoms with Gasteiger partial charge in [-0.1, -0.05) is 31.4 Å². The number of halogens is 1. The molecule has 4 amide bonds. The molecule has 1 aliphatic carbocycles. The number of anilines is 2. The van der Waals surface area contributed by atoms with Gasteiger partial charge in [-0.25, -0.2) is 4.79 Å². The number of benzene rings is 2. The van der Waals surface area contributed by atoms with Gasteiger partial charge >= 0.3 is 6.03 Å². The van der Waals surface area contributed by atoms with Crippen LogP contribution in [0.2, 0.25) is 0 Å². The smallest absolute Gasteiger partial charge is 0.321 e. The Morgan fingerprint density at radius 1 is 0.886 bits per heavy atom. The minimum absolute atomic E-state index is 0. The first-order valence-electron chi connectivity index (χ1n) is 12.3. The van der Waals surface area contributed by atoms with Crippen LogP contribution in [0.25, 0.3) is 0 Å². The monoisotopic (exact) mass is 496 g/mol. The molecule has 0 radical (unpaired) electrons. The summed E-state index contributed by atoms with van der Waals surface area (Å²) < 4.78 is 0. The van der Waals surface area contributed by atoms with Crippen LogP contribution in [0.1, 0.15) is 63.9 Å². The number of fused-ring (bicyclic) bond motifs is 1. The van der Waals surface area contributed by atoms with Gasteiger partial charge in [0, 0.05) is 43.6 Å². The number of carbonyl (C=O) groups is 3. The second kappa shape index (κ2) is 10.3. The van der Waals surface area contributed by atoms with E-state index in [4.69, 9.17) is 0 Å². The summed E-state index contributed by atoms with van der Waals surface area (Å²) in [6.07, 6.45) is 5.02. The minimum Gasteiger partial charge on any atom is -0.368 e. The topological polar surface area (TPSA) is 73.0 Å². The molecule has 2 aliphatic heterocycles. The van der Waals surface area contributed by atoms with E-state index in [1.165, 1.54) is 21.7 Å². The van der Waals surface area contributed by atoms with E-state index in [9.17, 15) is 14.4 Å². The quantitative estimate of drug-likeness (QED) is 0.606. The highest BCUT2D eigenvalue weighted by atomic mass is 35.5. The summed E-state index contributed by atoms with van der Waals surface area (Å²) in [5, 5.41) is 2.93. The van der Waals surface area contributed by atoms with E-state index in [1.807, 2.05) is 0 Å². The molecule has 1 saturated carbocycles. The van der Waals surface area contributed by atoms with Crippen molar-refractivity contribution in [3.8, 4) is 0 Å². The molecule has 35 heavy (non-hydrogen) atoms. The average molecular weight is 497 g/mol. The number of nitrogens with zero attached hydrogens (tertiary/aromatic N) is 3. The Balaban J connectivity index is 0.00000289. The highest BCUT2D eigenvalue weighted by molar-refractivity contribution is 6.22. The van der Waals surface area contributed by atoms with Crippen molar-refractivity contribution >= 4 is 41.6 Å². The zero-order valence-corrected chi connectivity index (χ0v) is 21.2. The maximum Gasteiger partial charge on any atom is 0.321 e. The molecule has 0 bridgehead atoms. The van der Waals surface area contributed by atoms with Gasteiger partial charge in [-0.2, -0.15) is 0 Å². The van der Waals surface area contributed by atoms with Crippen molar-refractivity contribution in [1.82, 2.24) is 9.80 Å². The first-order chi connectivity index (χ1) is 16.4. The van der Waals surface area contributed by atoms with E-state index in [0.29, 0.717) is 29.9 Å². The number of aryl methyl sites for hydroxylation is 1. The molecule has 2 fully saturated rings. The van der Waals surface area contributed by atoms with Crippen LogP contribution in [0.4, 0.5) is 16.2 Å². The predicted molar refractivity (Wildman–Crippen MR) is 140 cm³/mol. The third kappa shape index (κ3) is 4.74. The Morgan fingerprint density at radius 2 is 1.57 bits per heavy atom. The highest BCUT2D eigenvalue weighted by Gasteiger charge is 2.40. The lowest BCUT2D eigenvalue weighted by Crippen LogP contribution is -2.50. The van der Waals surface area contributed by atoms with Crippen molar-refractivity contribution < 1.29 is 14.4 Å². The van der Waals surface area contributed by atoms with Crippen molar-refractivity contribution in [2.75, 3.05) is 36.4 Å². The van der Waals surface area contributed by atoms with Crippen molar-refractivity contribution in [2.24, 2.45) is 0 Å². The number of hydrogen-bond donors (Lipinski definition) is 1. The summed E-state index contributed by atoms with van der Waals surface area (Å²) in [5.41, 5.74) is 5.16. The van der Waals surface area contributed by atoms with Gasteiger partial charge in [0.2, 0.25) is 0 Å². The van der Waals surface area contributed by atoms with Crippen LogP contribution >= 0.6 is 12.4 Å². The molecule has 0 atom stereocenters. The molecular formula is C27H33ClN4O3. The molecule has 1 N–H and O–H groups in total. The first kappa shape index (κ1) is 25.0. The summed E-state index contributed by atoms with van der Waals surface area (Å²) in [4.78, 5) is 44.4. The van der Waals surface area contributed by atoms with E-state index in [1.54, 1.807) is 23.1 Å². The summed E-state index contributed by atoms with van der Waals surface area (Å²) >= 11 is 0. The minimum atomic E-state index is -0.231. The fourth-order valence-corrected chi connectivity index (χ4v) is 5.44. The van der Waals surface area contributed by atoms with Crippen LogP contribution in [0.5, 0.6) is 0 Å². The number of imide groups is 1. The largest absolute Gasteiger partial charge is 0.368 e. The molecule has 2 aromatic rings. The van der Waals surface area contributed by atoms with Crippen molar-refractivity contribution in [3.05, 3.63) is 58.7 Å². The van der Waals surface area contributed by atoms with E-state index < -0.39 is 0 Å². The van der Waals surface area contributed by atoms with E-state index in [2.05, 4.69) is 42.3 Å². The summed E-state index contributed by atoms with van der Waals surface area (Å²) in [6.45, 7) is 7.04. The van der Waals surface area contributed by atoms with E-state index in [-0.39, 0.29) is 36.3 Å². The lowest BCUT2D eigenvalue weighted by Gasteiger charge is -2.37. The maximum absolute atomic E-state index is 13.0. The molecule has 5 rings (SSSR count). The van der Waals surface area contributed by atoms with Crippen LogP contribution in [0.15, 0.2) is 36.4 Å². The molecule has 186 valence electrons. The molecular weight excluding hydrogens is 464 g/mol. The number of hydrogen-bond acceptors (Lipinski definition) is 4. The van der Waals surface area contributed by atoms with Crippen molar-refractivity contribution in [1.29, 1.82) is 0 Å². The third-order valence-electron chi connectivity index (χ3n) is 7.59. The maximum atomic E-state index is 13.0. The van der Waals surface area contributed by atoms with Gasteiger partial charge in [-0.3, -0.25) is 14.5 Å². The van der Waals surface area contributed by atoms with E-state index >= 15 is 0 Å². The van der Waals surface area contributed by atoms with Gasteiger partial charge in [-0.15, -0.1) is 12.4 Å². The standard InChI is InChI=1S/C27H32N4O3.ClH/c1-18-7-6-10-24(19(18)2)29-13-15-30(16-14-29)27(34)28-20-11-12-22-23(17-20)26(33)31(25(22)32)21-8-4-3-5-9-21;/h6-7,10-12,17,21H,3-5,8-9,13-16H2,1-2H3,(H,28,34);1H. The van der Waals surface area contributed by atoms with Gasteiger partial charge in [0.15, 0.2) is 0 Å². The Labute approximate surface area is 212 Å². The molecule has 2 heterocycles. The second-order valence-corrected chi connectivity index (χ2v) is 9.66. The van der Waals surface area contributed by atoms with Gasteiger partial charge in [0.05, 0.1) is 11.1 Å². The summed E-state index contributed by atoms with van der Waals surface area (Å²) in [5.74, 6) is -0.433. The molecule has 8 heteroatoms. The third-order valence-corrected chi connectivity index (χ3v) is 7.59. The average Bonchev–Trinajstić information content (AvgIpc) is 3.10. The molecule has 7 nitrogen and oxygen atoms in total. The molecule has 3 aliphatic rings. The Morgan fingerprint density at radius 3 is 2.29 bits per heavy atom. The predicted octanol–water partition coefficient (Wildman–Crippen LogP) is 5.01. The Kier molecular flexibility index (Phi) is 7.36. The summed E-state index contributed by atoms with van der Waals surface area (Å²) in [6, 6.07) is 11.2. The Bertz CT molecular complexity index is 1140. The lowest BCUT2D eigenvalue weighted by molar-refractivity contribution is 0.0549. The molecule has 1 saturated heterocycles. The molecule has 0 spiro atoms. The van der Waals surface area contributed by atoms with Crippen LogP contribution in [-0.2, 0) is 0 Å². The Hall–Kier alpha value is -3.06. The normalized spacial score (nSPS) is 18.4. The number of piperazine rings is 1. The SMILES string of the molecule is Cc1cccc(N2CCN(C(=O)Nc3ccc4c(c3)C(=O)N(C3CCCCC3)C4=O)CC2)c1C.Cl. The zero-order valence-electron chi connectivity index (χ0n) is 20.4. The number of amides is 4. The number of rotatable bonds is 3. The van der Waals surface area contributed by atoms with Crippen LogP contribution in [-0.4, -0.2) is 59.9 Å². The second-order valence-electron chi connectivity index (χ2n) is 9.66. The number of nitrogens with one attached hydrogen (secondary N) is 1. The van der Waals surface area contributed by atoms with Crippen molar-refractivity contribution in [2.45, 2.75) is 52.0 Å². The van der Waals surface area contributed by atoms with Gasteiger partial charge in [0.1, 0.15) is 0 Å². The van der Waals surface area contributed by atoms with Crippen LogP contribution in [0.3, 0.4) is 0 Å².